The Hall–Kier alpha value is -2.94. The molecule has 0 spiro atoms. The first-order chi connectivity index (χ1) is 10.3. The molecule has 0 N–H and O–H groups in total. The van der Waals surface area contributed by atoms with Crippen LogP contribution in [0, 0.1) is 0 Å². The van der Waals surface area contributed by atoms with Gasteiger partial charge < -0.3 is 4.42 Å². The van der Waals surface area contributed by atoms with E-state index in [2.05, 4.69) is 4.98 Å². The van der Waals surface area contributed by atoms with E-state index in [1.165, 1.54) is 0 Å². The molecule has 0 amide bonds. The van der Waals surface area contributed by atoms with Crippen LogP contribution in [-0.4, -0.2) is 4.98 Å². The van der Waals surface area contributed by atoms with Crippen molar-refractivity contribution in [2.75, 3.05) is 0 Å². The number of nitrogens with zero attached hydrogens (tertiary/aromatic N) is 1. The van der Waals surface area contributed by atoms with Gasteiger partial charge in [0.15, 0.2) is 0 Å². The van der Waals surface area contributed by atoms with Crippen LogP contribution in [0.3, 0.4) is 0 Å². The van der Waals surface area contributed by atoms with Gasteiger partial charge in [0.1, 0.15) is 5.58 Å². The molecule has 2 aromatic carbocycles. The van der Waals surface area contributed by atoms with Gasteiger partial charge in [0.25, 0.3) is 0 Å². The second-order valence-electron chi connectivity index (χ2n) is 4.90. The van der Waals surface area contributed by atoms with Gasteiger partial charge in [-0.05, 0) is 24.3 Å². The molecular weight excluding hydrogens is 262 g/mol. The topological polar surface area (TPSA) is 43.1 Å². The lowest BCUT2D eigenvalue weighted by Crippen LogP contribution is -2.02. The minimum atomic E-state index is -0.342. The molecule has 0 unspecified atom stereocenters. The molecule has 0 bridgehead atoms. The zero-order valence-electron chi connectivity index (χ0n) is 11.1. The van der Waals surface area contributed by atoms with E-state index in [4.69, 9.17) is 4.42 Å². The van der Waals surface area contributed by atoms with Crippen molar-refractivity contribution in [3.63, 3.8) is 0 Å². The van der Waals surface area contributed by atoms with Crippen molar-refractivity contribution in [1.82, 2.24) is 4.98 Å². The highest BCUT2D eigenvalue weighted by atomic mass is 16.4. The smallest absolute Gasteiger partial charge is 0.344 e. The van der Waals surface area contributed by atoms with Gasteiger partial charge in [-0.2, -0.15) is 0 Å². The second kappa shape index (κ2) is 4.56. The van der Waals surface area contributed by atoms with Gasteiger partial charge in [0.05, 0.1) is 11.1 Å². The first kappa shape index (κ1) is 11.9. The molecule has 2 heterocycles. The third-order valence-electron chi connectivity index (χ3n) is 3.54. The maximum Gasteiger partial charge on any atom is 0.344 e. The normalized spacial score (nSPS) is 11.0. The van der Waals surface area contributed by atoms with Crippen LogP contribution in [0.15, 0.2) is 76.1 Å². The standard InChI is InChI=1S/C18H11NO2/c20-18-15(10-13-6-2-4-8-17(13)21-18)14-9-12-5-1-3-7-16(12)19-11-14/h1-11H. The third-order valence-corrected chi connectivity index (χ3v) is 3.54. The summed E-state index contributed by atoms with van der Waals surface area (Å²) in [5.74, 6) is 0. The first-order valence-electron chi connectivity index (χ1n) is 6.69. The number of hydrogen-bond donors (Lipinski definition) is 0. The second-order valence-corrected chi connectivity index (χ2v) is 4.90. The minimum Gasteiger partial charge on any atom is -0.422 e. The summed E-state index contributed by atoms with van der Waals surface area (Å²) < 4.78 is 5.38. The molecular formula is C18H11NO2. The number of aromatic nitrogens is 1. The molecule has 4 aromatic rings. The van der Waals surface area contributed by atoms with E-state index in [0.717, 1.165) is 21.9 Å². The molecule has 0 saturated carbocycles. The van der Waals surface area contributed by atoms with Crippen molar-refractivity contribution >= 4 is 21.9 Å². The van der Waals surface area contributed by atoms with Crippen molar-refractivity contribution in [2.24, 2.45) is 0 Å². The fourth-order valence-corrected chi connectivity index (χ4v) is 2.48. The fourth-order valence-electron chi connectivity index (χ4n) is 2.48. The molecule has 100 valence electrons. The summed E-state index contributed by atoms with van der Waals surface area (Å²) in [5, 5.41) is 1.91. The van der Waals surface area contributed by atoms with E-state index >= 15 is 0 Å². The highest BCUT2D eigenvalue weighted by molar-refractivity contribution is 5.86. The van der Waals surface area contributed by atoms with Crippen LogP contribution in [-0.2, 0) is 0 Å². The minimum absolute atomic E-state index is 0.342. The average molecular weight is 273 g/mol. The van der Waals surface area contributed by atoms with Crippen molar-refractivity contribution < 1.29 is 4.42 Å². The van der Waals surface area contributed by atoms with Crippen molar-refractivity contribution in [1.29, 1.82) is 0 Å². The van der Waals surface area contributed by atoms with Gasteiger partial charge in [0, 0.05) is 22.5 Å². The van der Waals surface area contributed by atoms with E-state index < -0.39 is 0 Å². The number of pyridine rings is 1. The van der Waals surface area contributed by atoms with Gasteiger partial charge in [-0.15, -0.1) is 0 Å². The Bertz CT molecular complexity index is 1020. The predicted octanol–water partition coefficient (Wildman–Crippen LogP) is 4.01. The summed E-state index contributed by atoms with van der Waals surface area (Å²) in [7, 11) is 0. The van der Waals surface area contributed by atoms with Crippen LogP contribution in [0.5, 0.6) is 0 Å². The molecule has 0 aliphatic heterocycles. The largest absolute Gasteiger partial charge is 0.422 e. The molecule has 0 saturated heterocycles. The Balaban J connectivity index is 1.99. The van der Waals surface area contributed by atoms with E-state index in [9.17, 15) is 4.79 Å². The number of hydrogen-bond acceptors (Lipinski definition) is 3. The molecule has 0 aliphatic rings. The monoisotopic (exact) mass is 273 g/mol. The van der Waals surface area contributed by atoms with Gasteiger partial charge in [-0.25, -0.2) is 4.79 Å². The Morgan fingerprint density at radius 3 is 2.52 bits per heavy atom. The van der Waals surface area contributed by atoms with Gasteiger partial charge >= 0.3 is 5.63 Å². The molecule has 0 fully saturated rings. The van der Waals surface area contributed by atoms with Crippen molar-refractivity contribution in [2.45, 2.75) is 0 Å². The SMILES string of the molecule is O=c1oc2ccccc2cc1-c1cnc2ccccc2c1. The summed E-state index contributed by atoms with van der Waals surface area (Å²) in [6.07, 6.45) is 1.71. The lowest BCUT2D eigenvalue weighted by molar-refractivity contribution is 0.563. The van der Waals surface area contributed by atoms with Crippen LogP contribution in [0.25, 0.3) is 33.0 Å². The van der Waals surface area contributed by atoms with Crippen molar-refractivity contribution in [3.05, 3.63) is 77.3 Å². The van der Waals surface area contributed by atoms with Crippen LogP contribution < -0.4 is 5.63 Å². The molecule has 4 rings (SSSR count). The van der Waals surface area contributed by atoms with Gasteiger partial charge in [-0.3, -0.25) is 4.98 Å². The van der Waals surface area contributed by atoms with Crippen LogP contribution in [0.4, 0.5) is 0 Å². The average Bonchev–Trinajstić information content (AvgIpc) is 2.54. The highest BCUT2D eigenvalue weighted by Gasteiger charge is 2.08. The Kier molecular flexibility index (Phi) is 2.57. The fraction of sp³-hybridized carbons (Fsp3) is 0. The summed E-state index contributed by atoms with van der Waals surface area (Å²) in [5.41, 5.74) is 2.47. The molecule has 21 heavy (non-hydrogen) atoms. The van der Waals surface area contributed by atoms with E-state index in [0.29, 0.717) is 11.1 Å². The summed E-state index contributed by atoms with van der Waals surface area (Å²) >= 11 is 0. The van der Waals surface area contributed by atoms with E-state index in [-0.39, 0.29) is 5.63 Å². The highest BCUT2D eigenvalue weighted by Crippen LogP contribution is 2.23. The Morgan fingerprint density at radius 2 is 1.62 bits per heavy atom. The van der Waals surface area contributed by atoms with E-state index in [1.54, 1.807) is 12.3 Å². The number of rotatable bonds is 1. The van der Waals surface area contributed by atoms with Crippen molar-refractivity contribution in [3.8, 4) is 11.1 Å². The number of benzene rings is 2. The zero-order chi connectivity index (χ0) is 14.2. The molecule has 3 heteroatoms. The predicted molar refractivity (Wildman–Crippen MR) is 83.2 cm³/mol. The van der Waals surface area contributed by atoms with Crippen LogP contribution in [0.1, 0.15) is 0 Å². The van der Waals surface area contributed by atoms with Gasteiger partial charge in [0.2, 0.25) is 0 Å². The number of para-hydroxylation sites is 2. The zero-order valence-corrected chi connectivity index (χ0v) is 11.1. The van der Waals surface area contributed by atoms with E-state index in [1.807, 2.05) is 54.6 Å². The van der Waals surface area contributed by atoms with Crippen LogP contribution >= 0.6 is 0 Å². The maximum absolute atomic E-state index is 12.2. The summed E-state index contributed by atoms with van der Waals surface area (Å²) in [4.78, 5) is 16.6. The number of fused-ring (bicyclic) bond motifs is 2. The Labute approximate surface area is 120 Å². The summed E-state index contributed by atoms with van der Waals surface area (Å²) in [6.45, 7) is 0. The maximum atomic E-state index is 12.2. The quantitative estimate of drug-likeness (QED) is 0.492. The molecule has 2 aromatic heterocycles. The summed E-state index contributed by atoms with van der Waals surface area (Å²) in [6, 6.07) is 19.1. The van der Waals surface area contributed by atoms with Crippen LogP contribution in [0.2, 0.25) is 0 Å². The lowest BCUT2D eigenvalue weighted by atomic mass is 10.1. The molecule has 0 aliphatic carbocycles. The molecule has 3 nitrogen and oxygen atoms in total. The van der Waals surface area contributed by atoms with Gasteiger partial charge in [-0.1, -0.05) is 36.4 Å². The molecule has 0 radical (unpaired) electrons. The third kappa shape index (κ3) is 1.99. The lowest BCUT2D eigenvalue weighted by Gasteiger charge is -2.04. The first-order valence-corrected chi connectivity index (χ1v) is 6.69. The molecule has 0 atom stereocenters. The Morgan fingerprint density at radius 1 is 0.857 bits per heavy atom.